The van der Waals surface area contributed by atoms with Crippen molar-refractivity contribution in [1.82, 2.24) is 10.3 Å². The molecule has 0 bridgehead atoms. The molecular weight excluding hydrogens is 199 g/mol. The zero-order valence-corrected chi connectivity index (χ0v) is 8.40. The van der Waals surface area contributed by atoms with Crippen LogP contribution in [-0.4, -0.2) is 28.6 Å². The molecule has 0 fully saturated rings. The highest BCUT2D eigenvalue weighted by atomic mass is 19.1. The first-order valence-corrected chi connectivity index (χ1v) is 4.67. The van der Waals surface area contributed by atoms with E-state index < -0.39 is 17.8 Å². The van der Waals surface area contributed by atoms with Crippen LogP contribution in [0.3, 0.4) is 0 Å². The molecule has 0 aromatic carbocycles. The molecule has 1 heterocycles. The van der Waals surface area contributed by atoms with Gasteiger partial charge in [0.15, 0.2) is 5.82 Å². The molecule has 1 rings (SSSR count). The molecule has 15 heavy (non-hydrogen) atoms. The minimum Gasteiger partial charge on any atom is -0.393 e. The number of hydrogen-bond donors (Lipinski definition) is 2. The van der Waals surface area contributed by atoms with E-state index in [9.17, 15) is 9.18 Å². The van der Waals surface area contributed by atoms with Crippen molar-refractivity contribution in [2.75, 3.05) is 6.54 Å². The van der Waals surface area contributed by atoms with Crippen LogP contribution in [0.1, 0.15) is 23.7 Å². The minimum atomic E-state index is -0.646. The normalized spacial score (nSPS) is 12.2. The topological polar surface area (TPSA) is 62.2 Å². The predicted molar refractivity (Wildman–Crippen MR) is 52.8 cm³/mol. The van der Waals surface area contributed by atoms with Crippen LogP contribution in [0, 0.1) is 5.82 Å². The van der Waals surface area contributed by atoms with Crippen LogP contribution in [0.25, 0.3) is 0 Å². The van der Waals surface area contributed by atoms with Crippen molar-refractivity contribution in [2.24, 2.45) is 0 Å². The number of aliphatic hydroxyl groups excluding tert-OH is 1. The largest absolute Gasteiger partial charge is 0.393 e. The molecule has 1 amide bonds. The zero-order valence-electron chi connectivity index (χ0n) is 8.40. The Morgan fingerprint density at radius 2 is 2.47 bits per heavy atom. The van der Waals surface area contributed by atoms with E-state index in [4.69, 9.17) is 5.11 Å². The number of aliphatic hydroxyl groups is 1. The van der Waals surface area contributed by atoms with E-state index in [-0.39, 0.29) is 5.56 Å². The molecule has 0 saturated heterocycles. The van der Waals surface area contributed by atoms with E-state index in [0.717, 1.165) is 6.20 Å². The summed E-state index contributed by atoms with van der Waals surface area (Å²) in [6, 6.07) is 1.31. The maximum Gasteiger partial charge on any atom is 0.254 e. The molecule has 0 aliphatic rings. The molecule has 1 aromatic heterocycles. The molecule has 1 atom stereocenters. The number of halogens is 1. The molecule has 0 spiro atoms. The predicted octanol–water partition coefficient (Wildman–Crippen LogP) is 0.721. The van der Waals surface area contributed by atoms with E-state index in [1.807, 2.05) is 0 Å². The monoisotopic (exact) mass is 212 g/mol. The Morgan fingerprint density at radius 3 is 3.07 bits per heavy atom. The quantitative estimate of drug-likeness (QED) is 0.773. The smallest absolute Gasteiger partial charge is 0.254 e. The van der Waals surface area contributed by atoms with Crippen molar-refractivity contribution < 1.29 is 14.3 Å². The molecule has 4 nitrogen and oxygen atoms in total. The third-order valence-electron chi connectivity index (χ3n) is 1.86. The second kappa shape index (κ2) is 5.41. The maximum atomic E-state index is 13.1. The Balaban J connectivity index is 2.51. The fraction of sp³-hybridized carbons (Fsp3) is 0.400. The Bertz CT molecular complexity index is 342. The number of amides is 1. The molecule has 1 unspecified atom stereocenters. The molecule has 0 aliphatic heterocycles. The first-order valence-electron chi connectivity index (χ1n) is 4.67. The second-order valence-corrected chi connectivity index (χ2v) is 3.25. The molecule has 5 heteroatoms. The third kappa shape index (κ3) is 3.63. The summed E-state index contributed by atoms with van der Waals surface area (Å²) in [7, 11) is 0. The summed E-state index contributed by atoms with van der Waals surface area (Å²) in [6.45, 7) is 1.94. The summed E-state index contributed by atoms with van der Waals surface area (Å²) in [4.78, 5) is 14.9. The van der Waals surface area contributed by atoms with Gasteiger partial charge in [-0.25, -0.2) is 4.39 Å². The summed E-state index contributed by atoms with van der Waals surface area (Å²) in [5.74, 6) is -1.14. The molecule has 0 saturated carbocycles. The zero-order chi connectivity index (χ0) is 11.3. The number of carbonyl (C=O) groups excluding carboxylic acids is 1. The molecule has 0 radical (unpaired) electrons. The summed E-state index contributed by atoms with van der Waals surface area (Å²) < 4.78 is 13.1. The van der Waals surface area contributed by atoms with Crippen LogP contribution in [0.4, 0.5) is 4.39 Å². The third-order valence-corrected chi connectivity index (χ3v) is 1.86. The Morgan fingerprint density at radius 1 is 1.73 bits per heavy atom. The van der Waals surface area contributed by atoms with Crippen LogP contribution >= 0.6 is 0 Å². The lowest BCUT2D eigenvalue weighted by molar-refractivity contribution is 0.0941. The van der Waals surface area contributed by atoms with Gasteiger partial charge in [-0.2, -0.15) is 0 Å². The molecule has 82 valence electrons. The van der Waals surface area contributed by atoms with Crippen molar-refractivity contribution in [1.29, 1.82) is 0 Å². The van der Waals surface area contributed by atoms with Crippen molar-refractivity contribution >= 4 is 5.91 Å². The van der Waals surface area contributed by atoms with Crippen LogP contribution in [0.2, 0.25) is 0 Å². The van der Waals surface area contributed by atoms with E-state index in [1.165, 1.54) is 12.3 Å². The number of nitrogens with zero attached hydrogens (tertiary/aromatic N) is 1. The standard InChI is InChI=1S/C10H13FN2O2/c1-7(14)2-5-13-10(15)8-3-4-12-6-9(8)11/h3-4,6-7,14H,2,5H2,1H3,(H,13,15). The minimum absolute atomic E-state index is 0.0319. The Kier molecular flexibility index (Phi) is 4.17. The number of carbonyl (C=O) groups is 1. The van der Waals surface area contributed by atoms with Gasteiger partial charge in [-0.3, -0.25) is 9.78 Å². The van der Waals surface area contributed by atoms with E-state index in [2.05, 4.69) is 10.3 Å². The number of pyridine rings is 1. The summed E-state index contributed by atoms with van der Waals surface area (Å²) in [5, 5.41) is 11.5. The molecule has 1 aromatic rings. The average Bonchev–Trinajstić information content (AvgIpc) is 2.17. The Hall–Kier alpha value is -1.49. The Labute approximate surface area is 87.1 Å². The fourth-order valence-electron chi connectivity index (χ4n) is 1.05. The van der Waals surface area contributed by atoms with Crippen LogP contribution in [-0.2, 0) is 0 Å². The van der Waals surface area contributed by atoms with Crippen molar-refractivity contribution in [3.63, 3.8) is 0 Å². The lowest BCUT2D eigenvalue weighted by atomic mass is 10.2. The first-order chi connectivity index (χ1) is 7.11. The highest BCUT2D eigenvalue weighted by Crippen LogP contribution is 2.03. The number of rotatable bonds is 4. The van der Waals surface area contributed by atoms with E-state index in [1.54, 1.807) is 6.92 Å². The van der Waals surface area contributed by atoms with Gasteiger partial charge in [0.2, 0.25) is 0 Å². The van der Waals surface area contributed by atoms with Crippen LogP contribution < -0.4 is 5.32 Å². The van der Waals surface area contributed by atoms with E-state index in [0.29, 0.717) is 13.0 Å². The highest BCUT2D eigenvalue weighted by molar-refractivity contribution is 5.94. The maximum absolute atomic E-state index is 13.1. The van der Waals surface area contributed by atoms with Gasteiger partial charge in [0.25, 0.3) is 5.91 Å². The van der Waals surface area contributed by atoms with Gasteiger partial charge in [0.05, 0.1) is 17.9 Å². The molecule has 2 N–H and O–H groups in total. The van der Waals surface area contributed by atoms with Gasteiger partial charge in [0.1, 0.15) is 0 Å². The summed E-state index contributed by atoms with van der Waals surface area (Å²) in [5.41, 5.74) is -0.0319. The van der Waals surface area contributed by atoms with Crippen LogP contribution in [0.15, 0.2) is 18.5 Å². The lowest BCUT2D eigenvalue weighted by Crippen LogP contribution is -2.27. The van der Waals surface area contributed by atoms with Gasteiger partial charge < -0.3 is 10.4 Å². The van der Waals surface area contributed by atoms with Gasteiger partial charge in [-0.15, -0.1) is 0 Å². The van der Waals surface area contributed by atoms with Gasteiger partial charge in [0, 0.05) is 12.7 Å². The van der Waals surface area contributed by atoms with Crippen molar-refractivity contribution in [2.45, 2.75) is 19.4 Å². The SMILES string of the molecule is CC(O)CCNC(=O)c1ccncc1F. The van der Waals surface area contributed by atoms with Crippen molar-refractivity contribution in [3.8, 4) is 0 Å². The molecule has 0 aliphatic carbocycles. The summed E-state index contributed by atoms with van der Waals surface area (Å²) in [6.07, 6.45) is 2.31. The fourth-order valence-corrected chi connectivity index (χ4v) is 1.05. The lowest BCUT2D eigenvalue weighted by Gasteiger charge is -2.06. The van der Waals surface area contributed by atoms with Crippen molar-refractivity contribution in [3.05, 3.63) is 29.8 Å². The van der Waals surface area contributed by atoms with Gasteiger partial charge in [-0.05, 0) is 19.4 Å². The van der Waals surface area contributed by atoms with E-state index >= 15 is 0 Å². The average molecular weight is 212 g/mol. The van der Waals surface area contributed by atoms with Crippen LogP contribution in [0.5, 0.6) is 0 Å². The second-order valence-electron chi connectivity index (χ2n) is 3.25. The number of hydrogen-bond acceptors (Lipinski definition) is 3. The highest BCUT2D eigenvalue weighted by Gasteiger charge is 2.10. The summed E-state index contributed by atoms with van der Waals surface area (Å²) >= 11 is 0. The number of nitrogens with one attached hydrogen (secondary N) is 1. The first kappa shape index (κ1) is 11.6. The molecular formula is C10H13FN2O2. The van der Waals surface area contributed by atoms with Gasteiger partial charge in [-0.1, -0.05) is 0 Å². The number of aromatic nitrogens is 1. The van der Waals surface area contributed by atoms with Gasteiger partial charge >= 0.3 is 0 Å².